The molecule has 25 heavy (non-hydrogen) atoms. The van der Waals surface area contributed by atoms with Crippen LogP contribution in [0.25, 0.3) is 11.4 Å². The average molecular weight is 359 g/mol. The molecule has 1 N–H and O–H groups in total. The first kappa shape index (κ1) is 16.5. The molecular weight excluding hydrogens is 348 g/mol. The fraction of sp³-hybridized carbons (Fsp3) is 0.0667. The maximum absolute atomic E-state index is 12.0. The third kappa shape index (κ3) is 3.96. The number of aromatic nitrogens is 4. The zero-order valence-electron chi connectivity index (χ0n) is 12.7. The molecule has 0 fully saturated rings. The molecule has 0 saturated carbocycles. The number of para-hydroxylation sites is 1. The van der Waals surface area contributed by atoms with Gasteiger partial charge < -0.3 is 5.32 Å². The summed E-state index contributed by atoms with van der Waals surface area (Å²) in [6.45, 7) is -0.148. The molecule has 1 heterocycles. The van der Waals surface area contributed by atoms with Crippen LogP contribution in [0, 0.1) is 10.1 Å². The Morgan fingerprint density at radius 3 is 2.60 bits per heavy atom. The summed E-state index contributed by atoms with van der Waals surface area (Å²) >= 11 is 5.98. The van der Waals surface area contributed by atoms with E-state index < -0.39 is 4.92 Å². The highest BCUT2D eigenvalue weighted by Crippen LogP contribution is 2.20. The van der Waals surface area contributed by atoms with Crippen molar-refractivity contribution < 1.29 is 9.72 Å². The van der Waals surface area contributed by atoms with Gasteiger partial charge in [0.15, 0.2) is 0 Å². The van der Waals surface area contributed by atoms with E-state index in [9.17, 15) is 14.9 Å². The van der Waals surface area contributed by atoms with Crippen LogP contribution in [0.5, 0.6) is 0 Å². The smallest absolute Gasteiger partial charge is 0.269 e. The van der Waals surface area contributed by atoms with E-state index >= 15 is 0 Å². The molecule has 0 aliphatic rings. The normalized spacial score (nSPS) is 10.4. The number of nitrogens with one attached hydrogen (secondary N) is 1. The molecule has 0 bridgehead atoms. The standard InChI is InChI=1S/C15H11ClN6O3/c16-12-3-1-2-4-13(12)17-14(23)9-21-19-15(18-20-21)10-5-7-11(8-6-10)22(24)25/h1-8H,9H2,(H,17,23). The second-order valence-electron chi connectivity index (χ2n) is 4.98. The lowest BCUT2D eigenvalue weighted by Crippen LogP contribution is -2.20. The number of nitro benzene ring substituents is 1. The molecule has 3 aromatic rings. The molecule has 10 heteroatoms. The van der Waals surface area contributed by atoms with Gasteiger partial charge in [0.25, 0.3) is 5.69 Å². The first-order chi connectivity index (χ1) is 12.0. The van der Waals surface area contributed by atoms with Gasteiger partial charge in [-0.1, -0.05) is 23.7 Å². The Balaban J connectivity index is 1.68. The van der Waals surface area contributed by atoms with Gasteiger partial charge in [-0.25, -0.2) is 0 Å². The van der Waals surface area contributed by atoms with E-state index in [1.807, 2.05) is 0 Å². The van der Waals surface area contributed by atoms with Crippen LogP contribution in [0.4, 0.5) is 11.4 Å². The third-order valence-corrected chi connectivity index (χ3v) is 3.55. The Hall–Kier alpha value is -3.33. The van der Waals surface area contributed by atoms with E-state index in [-0.39, 0.29) is 24.0 Å². The zero-order chi connectivity index (χ0) is 17.8. The number of anilines is 1. The van der Waals surface area contributed by atoms with E-state index in [1.165, 1.54) is 24.3 Å². The summed E-state index contributed by atoms with van der Waals surface area (Å²) in [4.78, 5) is 23.3. The van der Waals surface area contributed by atoms with Gasteiger partial charge >= 0.3 is 0 Å². The lowest BCUT2D eigenvalue weighted by atomic mass is 10.2. The quantitative estimate of drug-likeness (QED) is 0.553. The Morgan fingerprint density at radius 1 is 1.20 bits per heavy atom. The highest BCUT2D eigenvalue weighted by Gasteiger charge is 2.12. The zero-order valence-corrected chi connectivity index (χ0v) is 13.4. The number of hydrogen-bond donors (Lipinski definition) is 1. The topological polar surface area (TPSA) is 116 Å². The molecule has 9 nitrogen and oxygen atoms in total. The number of rotatable bonds is 5. The number of carbonyl (C=O) groups excluding carboxylic acids is 1. The van der Waals surface area contributed by atoms with Crippen molar-refractivity contribution in [1.29, 1.82) is 0 Å². The molecule has 0 aliphatic heterocycles. The van der Waals surface area contributed by atoms with Crippen molar-refractivity contribution in [1.82, 2.24) is 20.2 Å². The predicted molar refractivity (Wildman–Crippen MR) is 90.0 cm³/mol. The summed E-state index contributed by atoms with van der Waals surface area (Å²) in [5.41, 5.74) is 1.02. The summed E-state index contributed by atoms with van der Waals surface area (Å²) in [6.07, 6.45) is 0. The van der Waals surface area contributed by atoms with Gasteiger partial charge in [-0.15, -0.1) is 10.2 Å². The summed E-state index contributed by atoms with van der Waals surface area (Å²) in [5.74, 6) is -0.0961. The van der Waals surface area contributed by atoms with Crippen LogP contribution in [-0.2, 0) is 11.3 Å². The number of non-ortho nitro benzene ring substituents is 1. The number of nitro groups is 1. The number of amides is 1. The lowest BCUT2D eigenvalue weighted by Gasteiger charge is -2.05. The third-order valence-electron chi connectivity index (χ3n) is 3.22. The van der Waals surface area contributed by atoms with Crippen molar-refractivity contribution in [2.45, 2.75) is 6.54 Å². The van der Waals surface area contributed by atoms with Crippen molar-refractivity contribution in [3.8, 4) is 11.4 Å². The fourth-order valence-electron chi connectivity index (χ4n) is 2.04. The monoisotopic (exact) mass is 358 g/mol. The van der Waals surface area contributed by atoms with Crippen molar-refractivity contribution in [2.24, 2.45) is 0 Å². The van der Waals surface area contributed by atoms with Crippen LogP contribution in [-0.4, -0.2) is 31.0 Å². The predicted octanol–water partition coefficient (Wildman–Crippen LogP) is 2.54. The molecule has 0 unspecified atom stereocenters. The molecule has 0 atom stereocenters. The Kier molecular flexibility index (Phi) is 4.66. The van der Waals surface area contributed by atoms with Crippen LogP contribution in [0.15, 0.2) is 48.5 Å². The Labute approximate surface area is 146 Å². The number of nitrogens with zero attached hydrogens (tertiary/aromatic N) is 5. The number of benzene rings is 2. The maximum atomic E-state index is 12.0. The molecule has 1 aromatic heterocycles. The number of tetrazole rings is 1. The molecule has 2 aromatic carbocycles. The first-order valence-corrected chi connectivity index (χ1v) is 7.48. The van der Waals surface area contributed by atoms with Crippen LogP contribution >= 0.6 is 11.6 Å². The van der Waals surface area contributed by atoms with E-state index in [2.05, 4.69) is 20.7 Å². The van der Waals surface area contributed by atoms with E-state index in [0.29, 0.717) is 16.3 Å². The van der Waals surface area contributed by atoms with Crippen LogP contribution < -0.4 is 5.32 Å². The van der Waals surface area contributed by atoms with Gasteiger partial charge in [0, 0.05) is 17.7 Å². The highest BCUT2D eigenvalue weighted by atomic mass is 35.5. The van der Waals surface area contributed by atoms with E-state index in [4.69, 9.17) is 11.6 Å². The first-order valence-electron chi connectivity index (χ1n) is 7.10. The Morgan fingerprint density at radius 2 is 1.92 bits per heavy atom. The van der Waals surface area contributed by atoms with E-state index in [0.717, 1.165) is 4.80 Å². The summed E-state index contributed by atoms with van der Waals surface area (Å²) in [6, 6.07) is 12.6. The van der Waals surface area contributed by atoms with Crippen molar-refractivity contribution in [3.05, 3.63) is 63.7 Å². The van der Waals surface area contributed by atoms with Gasteiger partial charge in [0.2, 0.25) is 11.7 Å². The fourth-order valence-corrected chi connectivity index (χ4v) is 2.22. The minimum Gasteiger partial charge on any atom is -0.323 e. The van der Waals surface area contributed by atoms with Crippen molar-refractivity contribution in [2.75, 3.05) is 5.32 Å². The van der Waals surface area contributed by atoms with Crippen LogP contribution in [0.1, 0.15) is 0 Å². The average Bonchev–Trinajstić information content (AvgIpc) is 3.05. The van der Waals surface area contributed by atoms with Gasteiger partial charge in [0.1, 0.15) is 6.54 Å². The minimum atomic E-state index is -0.493. The molecule has 3 rings (SSSR count). The second kappa shape index (κ2) is 7.05. The van der Waals surface area contributed by atoms with Gasteiger partial charge in [-0.2, -0.15) is 4.80 Å². The summed E-state index contributed by atoms with van der Waals surface area (Å²) in [7, 11) is 0. The molecule has 0 spiro atoms. The number of hydrogen-bond acceptors (Lipinski definition) is 6. The van der Waals surface area contributed by atoms with Crippen molar-refractivity contribution >= 4 is 28.9 Å². The van der Waals surface area contributed by atoms with Gasteiger partial charge in [0.05, 0.1) is 15.6 Å². The molecule has 126 valence electrons. The molecule has 0 aliphatic carbocycles. The molecular formula is C15H11ClN6O3. The van der Waals surface area contributed by atoms with Crippen molar-refractivity contribution in [3.63, 3.8) is 0 Å². The Bertz CT molecular complexity index is 925. The van der Waals surface area contributed by atoms with Gasteiger partial charge in [-0.3, -0.25) is 14.9 Å². The second-order valence-corrected chi connectivity index (χ2v) is 5.38. The minimum absolute atomic E-state index is 0.0322. The van der Waals surface area contributed by atoms with Gasteiger partial charge in [-0.05, 0) is 29.5 Å². The summed E-state index contributed by atoms with van der Waals surface area (Å²) in [5, 5.41) is 25.5. The SMILES string of the molecule is O=C(Cn1nnc(-c2ccc([N+](=O)[O-])cc2)n1)Nc1ccccc1Cl. The molecule has 0 radical (unpaired) electrons. The van der Waals surface area contributed by atoms with E-state index in [1.54, 1.807) is 24.3 Å². The number of carbonyl (C=O) groups is 1. The molecule has 1 amide bonds. The van der Waals surface area contributed by atoms with Crippen LogP contribution in [0.2, 0.25) is 5.02 Å². The maximum Gasteiger partial charge on any atom is 0.269 e. The summed E-state index contributed by atoms with van der Waals surface area (Å²) < 4.78 is 0. The molecule has 0 saturated heterocycles. The number of halogens is 1. The highest BCUT2D eigenvalue weighted by molar-refractivity contribution is 6.33. The largest absolute Gasteiger partial charge is 0.323 e. The lowest BCUT2D eigenvalue weighted by molar-refractivity contribution is -0.384. The van der Waals surface area contributed by atoms with Crippen LogP contribution in [0.3, 0.4) is 0 Å².